The Morgan fingerprint density at radius 2 is 1.87 bits per heavy atom. The summed E-state index contributed by atoms with van der Waals surface area (Å²) in [6.07, 6.45) is 1.74. The number of halogens is 2. The van der Waals surface area contributed by atoms with Crippen molar-refractivity contribution in [2.24, 2.45) is 0 Å². The van der Waals surface area contributed by atoms with Crippen molar-refractivity contribution in [2.75, 3.05) is 0 Å². The molecule has 5 heteroatoms. The molecule has 78 valence electrons. The average molecular weight is 331 g/mol. The highest BCUT2D eigenvalue weighted by molar-refractivity contribution is 9.11. The molecule has 0 N–H and O–H groups in total. The molecule has 1 aromatic carbocycles. The van der Waals surface area contributed by atoms with Crippen LogP contribution >= 0.6 is 31.9 Å². The van der Waals surface area contributed by atoms with Gasteiger partial charge in [-0.2, -0.15) is 0 Å². The molecule has 3 nitrogen and oxygen atoms in total. The molecule has 0 radical (unpaired) electrons. The van der Waals surface area contributed by atoms with E-state index in [4.69, 9.17) is 0 Å². The van der Waals surface area contributed by atoms with E-state index in [-0.39, 0.29) is 0 Å². The molecule has 1 aromatic heterocycles. The molecule has 2 rings (SSSR count). The molecule has 0 fully saturated rings. The number of aromatic nitrogens is 3. The van der Waals surface area contributed by atoms with Gasteiger partial charge in [0.1, 0.15) is 6.33 Å². The molecule has 0 aliphatic rings. The maximum atomic E-state index is 4.11. The first-order valence-electron chi connectivity index (χ1n) is 4.55. The summed E-state index contributed by atoms with van der Waals surface area (Å²) in [5, 5.41) is 8.02. The SMILES string of the molecule is CCn1cnnc1-c1cc(Br)cc(Br)c1. The number of rotatable bonds is 2. The van der Waals surface area contributed by atoms with E-state index in [0.717, 1.165) is 26.9 Å². The Bertz CT molecular complexity index is 459. The summed E-state index contributed by atoms with van der Waals surface area (Å²) < 4.78 is 4.06. The van der Waals surface area contributed by atoms with Gasteiger partial charge in [0.05, 0.1) is 0 Å². The van der Waals surface area contributed by atoms with Crippen LogP contribution in [0.1, 0.15) is 6.92 Å². The van der Waals surface area contributed by atoms with Crippen molar-refractivity contribution >= 4 is 31.9 Å². The minimum Gasteiger partial charge on any atom is -0.314 e. The summed E-state index contributed by atoms with van der Waals surface area (Å²) in [6.45, 7) is 2.94. The molecule has 0 aliphatic carbocycles. The third kappa shape index (κ3) is 2.29. The Morgan fingerprint density at radius 3 is 2.47 bits per heavy atom. The first-order valence-corrected chi connectivity index (χ1v) is 6.13. The summed E-state index contributed by atoms with van der Waals surface area (Å²) in [5.74, 6) is 0.888. The molecule has 0 amide bonds. The fourth-order valence-corrected chi connectivity index (χ4v) is 2.69. The summed E-state index contributed by atoms with van der Waals surface area (Å²) in [5.41, 5.74) is 1.05. The van der Waals surface area contributed by atoms with Crippen LogP contribution < -0.4 is 0 Å². The summed E-state index contributed by atoms with van der Waals surface area (Å²) in [6, 6.07) is 6.05. The molecule has 0 saturated carbocycles. The van der Waals surface area contributed by atoms with Crippen molar-refractivity contribution in [1.29, 1.82) is 0 Å². The van der Waals surface area contributed by atoms with Gasteiger partial charge in [-0.25, -0.2) is 0 Å². The van der Waals surface area contributed by atoms with Crippen LogP contribution in [0.4, 0.5) is 0 Å². The van der Waals surface area contributed by atoms with Crippen LogP contribution in [-0.2, 0) is 6.54 Å². The van der Waals surface area contributed by atoms with Gasteiger partial charge in [0.25, 0.3) is 0 Å². The lowest BCUT2D eigenvalue weighted by molar-refractivity contribution is 0.767. The monoisotopic (exact) mass is 329 g/mol. The topological polar surface area (TPSA) is 30.7 Å². The Balaban J connectivity index is 2.53. The van der Waals surface area contributed by atoms with E-state index in [2.05, 4.69) is 49.0 Å². The fraction of sp³-hybridized carbons (Fsp3) is 0.200. The zero-order valence-corrected chi connectivity index (χ0v) is 11.3. The second-order valence-electron chi connectivity index (χ2n) is 3.10. The molecule has 1 heterocycles. The molecular weight excluding hydrogens is 322 g/mol. The largest absolute Gasteiger partial charge is 0.314 e. The minimum absolute atomic E-state index is 0.868. The van der Waals surface area contributed by atoms with Gasteiger partial charge in [0, 0.05) is 21.1 Å². The first kappa shape index (κ1) is 10.8. The molecule has 0 bridgehead atoms. The fourth-order valence-electron chi connectivity index (χ4n) is 1.39. The highest BCUT2D eigenvalue weighted by Gasteiger charge is 2.07. The van der Waals surface area contributed by atoms with E-state index in [1.807, 2.05) is 22.8 Å². The van der Waals surface area contributed by atoms with Crippen LogP contribution in [0.2, 0.25) is 0 Å². The smallest absolute Gasteiger partial charge is 0.163 e. The second-order valence-corrected chi connectivity index (χ2v) is 4.93. The van der Waals surface area contributed by atoms with Gasteiger partial charge in [-0.1, -0.05) is 31.9 Å². The van der Waals surface area contributed by atoms with Gasteiger partial charge in [-0.3, -0.25) is 0 Å². The highest BCUT2D eigenvalue weighted by Crippen LogP contribution is 2.26. The molecule has 0 spiro atoms. The number of benzene rings is 1. The normalized spacial score (nSPS) is 10.6. The highest BCUT2D eigenvalue weighted by atomic mass is 79.9. The Hall–Kier alpha value is -0.680. The number of nitrogens with zero attached hydrogens (tertiary/aromatic N) is 3. The van der Waals surface area contributed by atoms with Gasteiger partial charge in [-0.05, 0) is 25.1 Å². The Morgan fingerprint density at radius 1 is 1.20 bits per heavy atom. The van der Waals surface area contributed by atoms with E-state index in [9.17, 15) is 0 Å². The van der Waals surface area contributed by atoms with Crippen LogP contribution in [0, 0.1) is 0 Å². The van der Waals surface area contributed by atoms with E-state index in [1.165, 1.54) is 0 Å². The molecule has 15 heavy (non-hydrogen) atoms. The lowest BCUT2D eigenvalue weighted by Gasteiger charge is -2.04. The van der Waals surface area contributed by atoms with Crippen molar-refractivity contribution in [1.82, 2.24) is 14.8 Å². The zero-order chi connectivity index (χ0) is 10.8. The molecule has 0 atom stereocenters. The number of hydrogen-bond donors (Lipinski definition) is 0. The van der Waals surface area contributed by atoms with Crippen LogP contribution in [0.3, 0.4) is 0 Å². The second kappa shape index (κ2) is 4.45. The third-order valence-corrected chi connectivity index (χ3v) is 2.99. The molecule has 2 aromatic rings. The number of hydrogen-bond acceptors (Lipinski definition) is 2. The molecule has 0 aliphatic heterocycles. The van der Waals surface area contributed by atoms with E-state index in [1.54, 1.807) is 6.33 Å². The van der Waals surface area contributed by atoms with Crippen molar-refractivity contribution in [3.8, 4) is 11.4 Å². The van der Waals surface area contributed by atoms with Crippen molar-refractivity contribution in [3.05, 3.63) is 33.5 Å². The van der Waals surface area contributed by atoms with E-state index >= 15 is 0 Å². The third-order valence-electron chi connectivity index (χ3n) is 2.08. The van der Waals surface area contributed by atoms with Gasteiger partial charge in [-0.15, -0.1) is 10.2 Å². The molecule has 0 saturated heterocycles. The van der Waals surface area contributed by atoms with Crippen molar-refractivity contribution in [3.63, 3.8) is 0 Å². The van der Waals surface area contributed by atoms with Gasteiger partial charge < -0.3 is 4.57 Å². The predicted molar refractivity (Wildman–Crippen MR) is 66.5 cm³/mol. The molecular formula is C10H9Br2N3. The standard InChI is InChI=1S/C10H9Br2N3/c1-2-15-6-13-14-10(15)7-3-8(11)5-9(12)4-7/h3-6H,2H2,1H3. The van der Waals surface area contributed by atoms with Crippen molar-refractivity contribution < 1.29 is 0 Å². The summed E-state index contributed by atoms with van der Waals surface area (Å²) >= 11 is 6.92. The van der Waals surface area contributed by atoms with Crippen LogP contribution in [-0.4, -0.2) is 14.8 Å². The lowest BCUT2D eigenvalue weighted by atomic mass is 10.2. The van der Waals surface area contributed by atoms with Gasteiger partial charge >= 0.3 is 0 Å². The van der Waals surface area contributed by atoms with Crippen LogP contribution in [0.5, 0.6) is 0 Å². The van der Waals surface area contributed by atoms with Crippen LogP contribution in [0.15, 0.2) is 33.5 Å². The zero-order valence-electron chi connectivity index (χ0n) is 8.11. The van der Waals surface area contributed by atoms with Crippen molar-refractivity contribution in [2.45, 2.75) is 13.5 Å². The minimum atomic E-state index is 0.868. The maximum Gasteiger partial charge on any atom is 0.163 e. The van der Waals surface area contributed by atoms with Gasteiger partial charge in [0.2, 0.25) is 0 Å². The molecule has 0 unspecified atom stereocenters. The van der Waals surface area contributed by atoms with Crippen LogP contribution in [0.25, 0.3) is 11.4 Å². The Kier molecular flexibility index (Phi) is 3.21. The average Bonchev–Trinajstić information content (AvgIpc) is 2.63. The summed E-state index contributed by atoms with van der Waals surface area (Å²) in [4.78, 5) is 0. The lowest BCUT2D eigenvalue weighted by Crippen LogP contribution is -1.95. The van der Waals surface area contributed by atoms with E-state index in [0.29, 0.717) is 0 Å². The first-order chi connectivity index (χ1) is 7.20. The quantitative estimate of drug-likeness (QED) is 0.843. The number of aryl methyl sites for hydroxylation is 1. The summed E-state index contributed by atoms with van der Waals surface area (Å²) in [7, 11) is 0. The predicted octanol–water partition coefficient (Wildman–Crippen LogP) is 3.49. The Labute approximate surface area is 105 Å². The van der Waals surface area contributed by atoms with E-state index < -0.39 is 0 Å². The maximum absolute atomic E-state index is 4.11. The van der Waals surface area contributed by atoms with Gasteiger partial charge in [0.15, 0.2) is 5.82 Å².